The highest BCUT2D eigenvalue weighted by Crippen LogP contribution is 2.23. The predicted molar refractivity (Wildman–Crippen MR) is 83.6 cm³/mol. The van der Waals surface area contributed by atoms with E-state index in [-0.39, 0.29) is 11.4 Å². The summed E-state index contributed by atoms with van der Waals surface area (Å²) in [4.78, 5) is 4.69. The van der Waals surface area contributed by atoms with Gasteiger partial charge < -0.3 is 5.11 Å². The molecule has 0 fully saturated rings. The highest BCUT2D eigenvalue weighted by Gasteiger charge is 2.14. The van der Waals surface area contributed by atoms with Gasteiger partial charge in [-0.2, -0.15) is 11.8 Å². The van der Waals surface area contributed by atoms with Crippen LogP contribution >= 0.6 is 11.8 Å². The maximum absolute atomic E-state index is 9.54. The second-order valence-electron chi connectivity index (χ2n) is 5.09. The Morgan fingerprint density at radius 2 is 1.84 bits per heavy atom. The lowest BCUT2D eigenvalue weighted by Gasteiger charge is -2.19. The van der Waals surface area contributed by atoms with Crippen LogP contribution in [-0.4, -0.2) is 26.7 Å². The van der Waals surface area contributed by atoms with Crippen molar-refractivity contribution in [3.8, 4) is 0 Å². The molecule has 3 heteroatoms. The van der Waals surface area contributed by atoms with Gasteiger partial charge in [0.1, 0.15) is 0 Å². The van der Waals surface area contributed by atoms with E-state index in [0.29, 0.717) is 5.25 Å². The SMILES string of the molecule is CC(Cc1ccc2ccccc2n1)SC(C)C(C)O. The number of aromatic nitrogens is 1. The molecular formula is C16H21NOS. The molecule has 0 saturated carbocycles. The molecule has 2 nitrogen and oxygen atoms in total. The number of benzene rings is 1. The minimum atomic E-state index is -0.267. The van der Waals surface area contributed by atoms with Crippen LogP contribution in [0.5, 0.6) is 0 Å². The number of pyridine rings is 1. The van der Waals surface area contributed by atoms with E-state index in [9.17, 15) is 5.11 Å². The predicted octanol–water partition coefficient (Wildman–Crippen LogP) is 3.67. The van der Waals surface area contributed by atoms with Gasteiger partial charge in [0.2, 0.25) is 0 Å². The highest BCUT2D eigenvalue weighted by atomic mass is 32.2. The molecule has 0 bridgehead atoms. The van der Waals surface area contributed by atoms with Crippen LogP contribution in [-0.2, 0) is 6.42 Å². The summed E-state index contributed by atoms with van der Waals surface area (Å²) < 4.78 is 0. The number of rotatable bonds is 5. The maximum atomic E-state index is 9.54. The Bertz CT molecular complexity index is 541. The van der Waals surface area contributed by atoms with Crippen LogP contribution in [0.2, 0.25) is 0 Å². The molecule has 0 aliphatic heterocycles. The van der Waals surface area contributed by atoms with Gasteiger partial charge in [0.05, 0.1) is 11.6 Å². The lowest BCUT2D eigenvalue weighted by Crippen LogP contribution is -2.19. The molecule has 0 amide bonds. The fraction of sp³-hybridized carbons (Fsp3) is 0.438. The van der Waals surface area contributed by atoms with E-state index >= 15 is 0 Å². The molecule has 1 aromatic carbocycles. The van der Waals surface area contributed by atoms with E-state index in [0.717, 1.165) is 17.6 Å². The van der Waals surface area contributed by atoms with Gasteiger partial charge in [0.15, 0.2) is 0 Å². The molecule has 19 heavy (non-hydrogen) atoms. The summed E-state index contributed by atoms with van der Waals surface area (Å²) in [7, 11) is 0. The Kier molecular flexibility index (Phi) is 4.83. The first-order valence-electron chi connectivity index (χ1n) is 6.74. The molecule has 1 N–H and O–H groups in total. The third-order valence-corrected chi connectivity index (χ3v) is 4.73. The van der Waals surface area contributed by atoms with E-state index in [2.05, 4.69) is 38.1 Å². The summed E-state index contributed by atoms with van der Waals surface area (Å²) in [5.41, 5.74) is 2.18. The summed E-state index contributed by atoms with van der Waals surface area (Å²) >= 11 is 1.82. The number of hydrogen-bond donors (Lipinski definition) is 1. The number of para-hydroxylation sites is 1. The van der Waals surface area contributed by atoms with Crippen LogP contribution in [0.25, 0.3) is 10.9 Å². The molecular weight excluding hydrogens is 254 g/mol. The van der Waals surface area contributed by atoms with Crippen molar-refractivity contribution in [2.45, 2.75) is 43.8 Å². The molecule has 0 aliphatic rings. The smallest absolute Gasteiger partial charge is 0.0705 e. The molecule has 2 rings (SSSR count). The van der Waals surface area contributed by atoms with Crippen LogP contribution in [0.1, 0.15) is 26.5 Å². The summed E-state index contributed by atoms with van der Waals surface area (Å²) in [6.45, 7) is 6.11. The van der Waals surface area contributed by atoms with E-state index in [1.165, 1.54) is 5.39 Å². The maximum Gasteiger partial charge on any atom is 0.0705 e. The van der Waals surface area contributed by atoms with Crippen molar-refractivity contribution >= 4 is 22.7 Å². The van der Waals surface area contributed by atoms with Crippen LogP contribution in [0, 0.1) is 0 Å². The second-order valence-corrected chi connectivity index (χ2v) is 6.91. The number of aliphatic hydroxyl groups excluding tert-OH is 1. The van der Waals surface area contributed by atoms with E-state index < -0.39 is 0 Å². The van der Waals surface area contributed by atoms with Gasteiger partial charge >= 0.3 is 0 Å². The average Bonchev–Trinajstić information content (AvgIpc) is 2.38. The van der Waals surface area contributed by atoms with Crippen molar-refractivity contribution in [1.29, 1.82) is 0 Å². The highest BCUT2D eigenvalue weighted by molar-refractivity contribution is 8.00. The fourth-order valence-corrected chi connectivity index (χ4v) is 3.27. The van der Waals surface area contributed by atoms with Crippen molar-refractivity contribution in [2.24, 2.45) is 0 Å². The van der Waals surface area contributed by atoms with Gasteiger partial charge in [0.25, 0.3) is 0 Å². The van der Waals surface area contributed by atoms with Crippen LogP contribution in [0.15, 0.2) is 36.4 Å². The zero-order valence-electron chi connectivity index (χ0n) is 11.7. The van der Waals surface area contributed by atoms with Crippen LogP contribution in [0.3, 0.4) is 0 Å². The number of aliphatic hydroxyl groups is 1. The van der Waals surface area contributed by atoms with Crippen molar-refractivity contribution in [2.75, 3.05) is 0 Å². The minimum Gasteiger partial charge on any atom is -0.392 e. The summed E-state index contributed by atoms with van der Waals surface area (Å²) in [5.74, 6) is 0. The van der Waals surface area contributed by atoms with Gasteiger partial charge in [-0.3, -0.25) is 4.98 Å². The second kappa shape index (κ2) is 6.40. The van der Waals surface area contributed by atoms with E-state index in [1.54, 1.807) is 0 Å². The van der Waals surface area contributed by atoms with Crippen molar-refractivity contribution < 1.29 is 5.11 Å². The molecule has 1 aromatic heterocycles. The average molecular weight is 275 g/mol. The third kappa shape index (κ3) is 3.95. The molecule has 102 valence electrons. The van der Waals surface area contributed by atoms with Crippen molar-refractivity contribution in [3.63, 3.8) is 0 Å². The monoisotopic (exact) mass is 275 g/mol. The topological polar surface area (TPSA) is 33.1 Å². The lowest BCUT2D eigenvalue weighted by molar-refractivity contribution is 0.196. The summed E-state index contributed by atoms with van der Waals surface area (Å²) in [5, 5.41) is 11.4. The fourth-order valence-electron chi connectivity index (χ4n) is 2.04. The molecule has 0 saturated heterocycles. The first-order valence-corrected chi connectivity index (χ1v) is 7.68. The molecule has 3 unspecified atom stereocenters. The van der Waals surface area contributed by atoms with Gasteiger partial charge in [-0.25, -0.2) is 0 Å². The largest absolute Gasteiger partial charge is 0.392 e. The number of fused-ring (bicyclic) bond motifs is 1. The van der Waals surface area contributed by atoms with Crippen molar-refractivity contribution in [1.82, 2.24) is 4.98 Å². The first-order chi connectivity index (χ1) is 9.06. The number of hydrogen-bond acceptors (Lipinski definition) is 3. The number of thioether (sulfide) groups is 1. The molecule has 0 spiro atoms. The van der Waals surface area contributed by atoms with Crippen LogP contribution < -0.4 is 0 Å². The van der Waals surface area contributed by atoms with Gasteiger partial charge in [-0.05, 0) is 19.1 Å². The molecule has 2 aromatic rings. The van der Waals surface area contributed by atoms with Gasteiger partial charge in [-0.15, -0.1) is 0 Å². The Balaban J connectivity index is 2.04. The van der Waals surface area contributed by atoms with Gasteiger partial charge in [0, 0.05) is 28.0 Å². The Morgan fingerprint density at radius 1 is 1.11 bits per heavy atom. The zero-order chi connectivity index (χ0) is 13.8. The zero-order valence-corrected chi connectivity index (χ0v) is 12.5. The molecule has 1 heterocycles. The quantitative estimate of drug-likeness (QED) is 0.904. The van der Waals surface area contributed by atoms with Crippen molar-refractivity contribution in [3.05, 3.63) is 42.1 Å². The molecule has 0 aliphatic carbocycles. The Morgan fingerprint density at radius 3 is 2.58 bits per heavy atom. The van der Waals surface area contributed by atoms with Crippen LogP contribution in [0.4, 0.5) is 0 Å². The minimum absolute atomic E-state index is 0.260. The summed E-state index contributed by atoms with van der Waals surface area (Å²) in [6, 6.07) is 12.4. The Hall–Kier alpha value is -1.06. The number of nitrogens with zero attached hydrogens (tertiary/aromatic N) is 1. The van der Waals surface area contributed by atoms with Gasteiger partial charge in [-0.1, -0.05) is 38.1 Å². The lowest BCUT2D eigenvalue weighted by atomic mass is 10.1. The van der Waals surface area contributed by atoms with E-state index in [1.807, 2.05) is 30.8 Å². The van der Waals surface area contributed by atoms with E-state index in [4.69, 9.17) is 4.98 Å². The summed E-state index contributed by atoms with van der Waals surface area (Å²) in [6.07, 6.45) is 0.670. The first kappa shape index (κ1) is 14.4. The normalized spacial score (nSPS) is 16.2. The molecule has 0 radical (unpaired) electrons. The standard InChI is InChI=1S/C16H21NOS/c1-11(19-13(3)12(2)18)10-15-9-8-14-6-4-5-7-16(14)17-15/h4-9,11-13,18H,10H2,1-3H3. The molecule has 3 atom stereocenters. The Labute approximate surface area is 119 Å². The third-order valence-electron chi connectivity index (χ3n) is 3.28.